The lowest BCUT2D eigenvalue weighted by Gasteiger charge is -2.25. The standard InChI is InChI=1S/2C19H25N5O3.C11H14N4O2.C8H12BrNO.C7H7N3O2.C5H9Br/c2*1-13-10-15(27-21-13)8-3-4-9-24-18(25)16-17(22(2)19(24)26)20-12-23(16)11-14-6-5-7-14;1-14-9-8(10(16)13-11(14)17)15(6-12-9)5-7-3-2-4-7;1-7-6-8(11-10-7)4-2-3-5-9;1-10-5-4(2-3-8-5)6(11)9-7(10)12;6-4-5-2-1-3-5/h2*10,12,14H,3-9,11H2,1-2H3;6-7H,2-5H2,1H3,(H,13,16,17);6H,2-5H2,1H3;3H,2H2,1H3,(H,9,11,12);5H,1-4H2. The monoisotopic (exact) mass is 1510 g/mol. The van der Waals surface area contributed by atoms with Gasteiger partial charge in [0, 0.05) is 122 Å². The topological polar surface area (TPSA) is 342 Å². The number of alkyl halides is 2. The average molecular weight is 1510 g/mol. The summed E-state index contributed by atoms with van der Waals surface area (Å²) in [4.78, 5) is 118. The zero-order valence-electron chi connectivity index (χ0n) is 58.3. The molecule has 0 saturated heterocycles. The smallest absolute Gasteiger partial charge is 0.332 e. The summed E-state index contributed by atoms with van der Waals surface area (Å²) in [5, 5.41) is 13.9. The molecule has 2 N–H and O–H groups in total. The zero-order valence-corrected chi connectivity index (χ0v) is 61.4. The number of fused-ring (bicyclic) bond motifs is 4. The van der Waals surface area contributed by atoms with Crippen LogP contribution in [0.3, 0.4) is 0 Å². The van der Waals surface area contributed by atoms with Gasteiger partial charge in [0.15, 0.2) is 33.5 Å². The maximum atomic E-state index is 13.0. The number of hydrogen-bond donors (Lipinski definition) is 2. The number of aromatic nitrogens is 17. The van der Waals surface area contributed by atoms with Crippen molar-refractivity contribution in [2.24, 2.45) is 56.9 Å². The molecule has 0 spiro atoms. The zero-order chi connectivity index (χ0) is 71.1. The van der Waals surface area contributed by atoms with Gasteiger partial charge in [-0.2, -0.15) is 0 Å². The number of rotatable bonds is 21. The van der Waals surface area contributed by atoms with Crippen LogP contribution < -0.4 is 45.0 Å². The number of aliphatic imine (C=N–C) groups is 1. The number of halogens is 2. The Bertz CT molecular complexity index is 4770. The molecule has 4 saturated carbocycles. The van der Waals surface area contributed by atoms with E-state index in [1.54, 1.807) is 53.4 Å². The molecule has 29 nitrogen and oxygen atoms in total. The fourth-order valence-corrected chi connectivity index (χ4v) is 13.6. The molecule has 11 heterocycles. The maximum absolute atomic E-state index is 13.0. The van der Waals surface area contributed by atoms with E-state index in [1.165, 1.54) is 123 Å². The fraction of sp³-hybridized carbons (Fsp3) is 0.580. The van der Waals surface area contributed by atoms with Gasteiger partial charge < -0.3 is 27.3 Å². The average Bonchev–Trinajstić information content (AvgIpc) is 1.61. The minimum Gasteiger partial charge on any atom is -0.361 e. The van der Waals surface area contributed by atoms with Gasteiger partial charge in [-0.15, -0.1) is 0 Å². The minimum absolute atomic E-state index is 0.236. The van der Waals surface area contributed by atoms with Crippen molar-refractivity contribution in [3.63, 3.8) is 0 Å². The first-order chi connectivity index (χ1) is 48.2. The number of aryl methyl sites for hydroxylation is 9. The molecule has 0 atom stereocenters. The predicted octanol–water partition coefficient (Wildman–Crippen LogP) is 8.47. The number of unbranched alkanes of at least 4 members (excludes halogenated alkanes) is 3. The molecular formula is C69H92Br2N18O11. The van der Waals surface area contributed by atoms with Crippen molar-refractivity contribution in [3.05, 3.63) is 160 Å². The van der Waals surface area contributed by atoms with Crippen LogP contribution in [-0.2, 0) is 86.6 Å². The highest BCUT2D eigenvalue weighted by molar-refractivity contribution is 9.09. The van der Waals surface area contributed by atoms with Crippen molar-refractivity contribution in [3.8, 4) is 0 Å². The molecule has 0 aromatic carbocycles. The number of aromatic amines is 2. The molecule has 0 bridgehead atoms. The van der Waals surface area contributed by atoms with E-state index in [0.29, 0.717) is 82.1 Å². The van der Waals surface area contributed by atoms with Gasteiger partial charge in [-0.05, 0) is 134 Å². The van der Waals surface area contributed by atoms with Crippen LogP contribution in [0.2, 0.25) is 0 Å². The van der Waals surface area contributed by atoms with Crippen LogP contribution in [0, 0.1) is 44.4 Å². The van der Waals surface area contributed by atoms with Gasteiger partial charge in [0.25, 0.3) is 22.2 Å². The molecule has 10 aromatic heterocycles. The molecule has 31 heteroatoms. The Balaban J connectivity index is 0.000000137. The number of imidazole rings is 3. The summed E-state index contributed by atoms with van der Waals surface area (Å²) in [5.74, 6) is 6.04. The van der Waals surface area contributed by atoms with Crippen LogP contribution in [0.25, 0.3) is 33.5 Å². The van der Waals surface area contributed by atoms with Crippen LogP contribution in [-0.4, -0.2) is 98.4 Å². The number of nitrogens with one attached hydrogen (secondary N) is 2. The Labute approximate surface area is 592 Å². The van der Waals surface area contributed by atoms with Gasteiger partial charge in [-0.25, -0.2) is 39.1 Å². The predicted molar refractivity (Wildman–Crippen MR) is 388 cm³/mol. The van der Waals surface area contributed by atoms with Gasteiger partial charge in [0.05, 0.1) is 41.6 Å². The Hall–Kier alpha value is -8.61. The second-order valence-electron chi connectivity index (χ2n) is 27.0. The highest BCUT2D eigenvalue weighted by Crippen LogP contribution is 2.31. The number of nitrogens with zero attached hydrogens (tertiary/aromatic N) is 16. The number of H-pyrrole nitrogens is 2. The van der Waals surface area contributed by atoms with E-state index in [0.717, 1.165) is 110 Å². The van der Waals surface area contributed by atoms with E-state index in [9.17, 15) is 38.4 Å². The summed E-state index contributed by atoms with van der Waals surface area (Å²) in [7, 11) is 6.55. The summed E-state index contributed by atoms with van der Waals surface area (Å²) in [6, 6.07) is 5.82. The Morgan fingerprint density at radius 1 is 0.470 bits per heavy atom. The molecule has 4 fully saturated rings. The van der Waals surface area contributed by atoms with Crippen LogP contribution in [0.4, 0.5) is 5.82 Å². The highest BCUT2D eigenvalue weighted by Gasteiger charge is 2.25. The molecule has 0 radical (unpaired) electrons. The Morgan fingerprint density at radius 3 is 1.21 bits per heavy atom. The SMILES string of the molecule is BrCC1CCC1.Cc1cc(CCCCBr)on1.Cc1cc(CCCCn2c(=O)c3c(ncn3CC3CCC3)n(C)c2=O)on1.Cc1cc(CCCCn2c(=O)c3c(ncn3CC3CCC3)n(C)c2=O)on1.Cn1c(=O)[nH]c(=O)c2c1ncn2CC1CCC1.Cn1c2c(c(=O)[nH]c1=O)CC=N2. The molecule has 10 aromatic rings. The second kappa shape index (κ2) is 34.6. The van der Waals surface area contributed by atoms with Crippen molar-refractivity contribution >= 4 is 77.4 Å². The summed E-state index contributed by atoms with van der Waals surface area (Å²) in [6.07, 6.45) is 30.5. The molecular weight excluding hydrogens is 1420 g/mol. The van der Waals surface area contributed by atoms with Crippen molar-refractivity contribution in [1.29, 1.82) is 0 Å². The third-order valence-electron chi connectivity index (χ3n) is 19.4. The maximum Gasteiger partial charge on any atom is 0.332 e. The van der Waals surface area contributed by atoms with E-state index in [4.69, 9.17) is 13.6 Å². The van der Waals surface area contributed by atoms with E-state index in [2.05, 4.69) is 77.2 Å². The molecule has 1 aliphatic heterocycles. The minimum atomic E-state index is -0.420. The molecule has 100 heavy (non-hydrogen) atoms. The van der Waals surface area contributed by atoms with Crippen molar-refractivity contribution in [2.45, 2.75) is 195 Å². The van der Waals surface area contributed by atoms with Crippen LogP contribution >= 0.6 is 31.9 Å². The first kappa shape index (κ1) is 74.1. The van der Waals surface area contributed by atoms with Crippen molar-refractivity contribution in [2.75, 3.05) is 10.7 Å². The summed E-state index contributed by atoms with van der Waals surface area (Å²) < 4.78 is 29.5. The third kappa shape index (κ3) is 18.1. The van der Waals surface area contributed by atoms with E-state index in [-0.39, 0.29) is 33.6 Å². The third-order valence-corrected chi connectivity index (χ3v) is 20.9. The summed E-state index contributed by atoms with van der Waals surface area (Å²) in [5.41, 5.74) is 3.63. The van der Waals surface area contributed by atoms with E-state index < -0.39 is 11.4 Å². The van der Waals surface area contributed by atoms with Gasteiger partial charge in [-0.1, -0.05) is 73.0 Å². The Kier molecular flexibility index (Phi) is 25.7. The van der Waals surface area contributed by atoms with Crippen LogP contribution in [0.1, 0.15) is 156 Å². The highest BCUT2D eigenvalue weighted by atomic mass is 79.9. The van der Waals surface area contributed by atoms with Crippen molar-refractivity contribution < 1.29 is 13.6 Å². The summed E-state index contributed by atoms with van der Waals surface area (Å²) >= 11 is 6.81. The molecule has 4 aliphatic carbocycles. The van der Waals surface area contributed by atoms with Gasteiger partial charge in [-0.3, -0.25) is 56.5 Å². The number of hydrogen-bond acceptors (Lipinski definition) is 18. The van der Waals surface area contributed by atoms with Gasteiger partial charge in [0.1, 0.15) is 23.1 Å². The lowest BCUT2D eigenvalue weighted by Crippen LogP contribution is -2.40. The second-order valence-corrected chi connectivity index (χ2v) is 28.4. The lowest BCUT2D eigenvalue weighted by molar-refractivity contribution is 0.279. The van der Waals surface area contributed by atoms with Crippen molar-refractivity contribution in [1.82, 2.24) is 81.5 Å². The molecule has 5 aliphatic rings. The quantitative estimate of drug-likeness (QED) is 0.0503. The van der Waals surface area contributed by atoms with Crippen LogP contribution in [0.15, 0.2) is 94.1 Å². The van der Waals surface area contributed by atoms with Crippen LogP contribution in [0.5, 0.6) is 0 Å². The van der Waals surface area contributed by atoms with E-state index in [1.807, 2.05) is 52.7 Å². The normalized spacial score (nSPS) is 14.9. The molecule has 0 amide bonds. The fourth-order valence-electron chi connectivity index (χ4n) is 12.5. The largest absolute Gasteiger partial charge is 0.361 e. The summed E-state index contributed by atoms with van der Waals surface area (Å²) in [6.45, 7) is 8.92. The lowest BCUT2D eigenvalue weighted by atomic mass is 9.85. The first-order valence-electron chi connectivity index (χ1n) is 34.9. The molecule has 15 rings (SSSR count). The van der Waals surface area contributed by atoms with Gasteiger partial charge >= 0.3 is 22.8 Å². The molecule has 538 valence electrons. The first-order valence-corrected chi connectivity index (χ1v) is 37.1. The Morgan fingerprint density at radius 2 is 0.850 bits per heavy atom. The van der Waals surface area contributed by atoms with Gasteiger partial charge in [0.2, 0.25) is 0 Å². The molecule has 0 unspecified atom stereocenters. The van der Waals surface area contributed by atoms with E-state index >= 15 is 0 Å².